The first-order chi connectivity index (χ1) is 11.7. The van der Waals surface area contributed by atoms with Gasteiger partial charge >= 0.3 is 0 Å². The molecule has 0 unspecified atom stereocenters. The van der Waals surface area contributed by atoms with Gasteiger partial charge in [0.1, 0.15) is 6.07 Å². The number of nitriles is 1. The summed E-state index contributed by atoms with van der Waals surface area (Å²) >= 11 is 0. The number of likely N-dealkylation sites (N-methyl/N-ethyl adjacent to an activating group) is 1. The lowest BCUT2D eigenvalue weighted by Crippen LogP contribution is -2.48. The van der Waals surface area contributed by atoms with Crippen molar-refractivity contribution in [3.05, 3.63) is 42.0 Å². The van der Waals surface area contributed by atoms with E-state index in [0.717, 1.165) is 24.5 Å². The number of nitrogens with zero attached hydrogens (tertiary/aromatic N) is 5. The van der Waals surface area contributed by atoms with Crippen molar-refractivity contribution in [3.8, 4) is 6.07 Å². The fourth-order valence-electron chi connectivity index (χ4n) is 3.21. The van der Waals surface area contributed by atoms with Gasteiger partial charge in [0, 0.05) is 32.5 Å². The van der Waals surface area contributed by atoms with E-state index in [4.69, 9.17) is 4.74 Å². The van der Waals surface area contributed by atoms with Crippen LogP contribution in [0.15, 0.2) is 30.7 Å². The third kappa shape index (κ3) is 3.25. The Labute approximate surface area is 141 Å². The fraction of sp³-hybridized carbons (Fsp3) is 0.471. The molecule has 1 N–H and O–H groups in total. The molecule has 1 aliphatic heterocycles. The van der Waals surface area contributed by atoms with Gasteiger partial charge in [0.05, 0.1) is 41.9 Å². The zero-order valence-corrected chi connectivity index (χ0v) is 14.0. The van der Waals surface area contributed by atoms with Crippen molar-refractivity contribution in [2.24, 2.45) is 7.05 Å². The van der Waals surface area contributed by atoms with Crippen LogP contribution in [0.4, 0.5) is 5.69 Å². The van der Waals surface area contributed by atoms with Gasteiger partial charge in [-0.15, -0.1) is 0 Å². The number of aryl methyl sites for hydroxylation is 1. The van der Waals surface area contributed by atoms with Gasteiger partial charge in [-0.25, -0.2) is 0 Å². The molecule has 0 saturated carbocycles. The first-order valence-electron chi connectivity index (χ1n) is 8.16. The summed E-state index contributed by atoms with van der Waals surface area (Å²) in [5, 5.41) is 16.8. The molecule has 2 atom stereocenters. The van der Waals surface area contributed by atoms with E-state index in [0.29, 0.717) is 18.7 Å². The number of anilines is 1. The number of rotatable bonds is 5. The lowest BCUT2D eigenvalue weighted by atomic mass is 10.0. The zero-order valence-electron chi connectivity index (χ0n) is 14.0. The normalized spacial score (nSPS) is 21.4. The van der Waals surface area contributed by atoms with Crippen LogP contribution in [0.25, 0.3) is 0 Å². The molecule has 3 rings (SSSR count). The third-order valence-corrected chi connectivity index (χ3v) is 4.46. The molecule has 2 aromatic heterocycles. The van der Waals surface area contributed by atoms with Crippen LogP contribution in [-0.2, 0) is 11.8 Å². The molecule has 1 aliphatic rings. The lowest BCUT2D eigenvalue weighted by Gasteiger charge is -2.40. The molecular formula is C17H22N6O. The Kier molecular flexibility index (Phi) is 5.08. The Morgan fingerprint density at radius 1 is 1.42 bits per heavy atom. The molecule has 1 saturated heterocycles. The van der Waals surface area contributed by atoms with E-state index in [1.165, 1.54) is 0 Å². The summed E-state index contributed by atoms with van der Waals surface area (Å²) < 4.78 is 7.95. The molecule has 0 amide bonds. The summed E-state index contributed by atoms with van der Waals surface area (Å²) in [6, 6.07) is 6.06. The number of ether oxygens (including phenoxy) is 1. The number of hydrogen-bond donors (Lipinski definition) is 1. The molecular weight excluding hydrogens is 304 g/mol. The Balaban J connectivity index is 1.80. The maximum absolute atomic E-state index is 9.21. The number of aromatic nitrogens is 3. The smallest absolute Gasteiger partial charge is 0.101 e. The molecule has 0 radical (unpaired) electrons. The largest absolute Gasteiger partial charge is 0.380 e. The second-order valence-corrected chi connectivity index (χ2v) is 5.78. The van der Waals surface area contributed by atoms with Gasteiger partial charge in [-0.3, -0.25) is 14.6 Å². The molecule has 0 aliphatic carbocycles. The van der Waals surface area contributed by atoms with Crippen LogP contribution < -0.4 is 5.32 Å². The van der Waals surface area contributed by atoms with Gasteiger partial charge in [0.25, 0.3) is 0 Å². The minimum atomic E-state index is -0.0270. The minimum absolute atomic E-state index is 0.0270. The summed E-state index contributed by atoms with van der Waals surface area (Å²) in [6.45, 7) is 5.32. The summed E-state index contributed by atoms with van der Waals surface area (Å²) in [5.74, 6) is 0. The van der Waals surface area contributed by atoms with Crippen LogP contribution in [0.3, 0.4) is 0 Å². The quantitative estimate of drug-likeness (QED) is 0.898. The Morgan fingerprint density at radius 2 is 2.29 bits per heavy atom. The predicted octanol–water partition coefficient (Wildman–Crippen LogP) is 1.56. The number of pyridine rings is 1. The Bertz CT molecular complexity index is 722. The van der Waals surface area contributed by atoms with Gasteiger partial charge in [-0.05, 0) is 18.7 Å². The van der Waals surface area contributed by atoms with Crippen molar-refractivity contribution >= 4 is 5.69 Å². The number of nitrogens with one attached hydrogen (secondary N) is 1. The zero-order chi connectivity index (χ0) is 16.9. The van der Waals surface area contributed by atoms with Crippen molar-refractivity contribution in [2.75, 3.05) is 31.6 Å². The van der Waals surface area contributed by atoms with Crippen molar-refractivity contribution in [1.82, 2.24) is 19.7 Å². The Morgan fingerprint density at radius 3 is 3.00 bits per heavy atom. The van der Waals surface area contributed by atoms with Gasteiger partial charge in [0.15, 0.2) is 0 Å². The predicted molar refractivity (Wildman–Crippen MR) is 90.4 cm³/mol. The maximum atomic E-state index is 9.21. The van der Waals surface area contributed by atoms with Crippen molar-refractivity contribution in [2.45, 2.75) is 19.1 Å². The highest BCUT2D eigenvalue weighted by atomic mass is 16.5. The summed E-state index contributed by atoms with van der Waals surface area (Å²) in [5.41, 5.74) is 2.46. The maximum Gasteiger partial charge on any atom is 0.101 e. The molecule has 0 aromatic carbocycles. The molecule has 3 heterocycles. The van der Waals surface area contributed by atoms with E-state index >= 15 is 0 Å². The van der Waals surface area contributed by atoms with Crippen LogP contribution in [0, 0.1) is 11.3 Å². The number of hydrogen-bond acceptors (Lipinski definition) is 6. The third-order valence-electron chi connectivity index (χ3n) is 4.46. The first kappa shape index (κ1) is 16.4. The van der Waals surface area contributed by atoms with E-state index < -0.39 is 0 Å². The van der Waals surface area contributed by atoms with E-state index in [2.05, 4.69) is 33.3 Å². The Hall–Kier alpha value is -2.43. The summed E-state index contributed by atoms with van der Waals surface area (Å²) in [7, 11) is 1.96. The second-order valence-electron chi connectivity index (χ2n) is 5.78. The van der Waals surface area contributed by atoms with Crippen LogP contribution in [0.1, 0.15) is 24.2 Å². The van der Waals surface area contributed by atoms with Gasteiger partial charge in [0.2, 0.25) is 0 Å². The molecule has 7 nitrogen and oxygen atoms in total. The molecule has 0 bridgehead atoms. The van der Waals surface area contributed by atoms with Gasteiger partial charge < -0.3 is 10.1 Å². The topological polar surface area (TPSA) is 79.0 Å². The van der Waals surface area contributed by atoms with Crippen LogP contribution in [-0.4, -0.2) is 52.0 Å². The lowest BCUT2D eigenvalue weighted by molar-refractivity contribution is -0.0663. The molecule has 7 heteroatoms. The van der Waals surface area contributed by atoms with Gasteiger partial charge in [-0.2, -0.15) is 10.4 Å². The summed E-state index contributed by atoms with van der Waals surface area (Å²) in [6.07, 6.45) is 5.09. The fourth-order valence-corrected chi connectivity index (χ4v) is 3.21. The van der Waals surface area contributed by atoms with Crippen molar-refractivity contribution < 1.29 is 4.74 Å². The average molecular weight is 326 g/mol. The molecule has 24 heavy (non-hydrogen) atoms. The monoisotopic (exact) mass is 326 g/mol. The second kappa shape index (κ2) is 7.43. The summed E-state index contributed by atoms with van der Waals surface area (Å²) in [4.78, 5) is 6.50. The van der Waals surface area contributed by atoms with E-state index in [-0.39, 0.29) is 12.1 Å². The van der Waals surface area contributed by atoms with E-state index in [9.17, 15) is 5.26 Å². The molecule has 1 fully saturated rings. The molecule has 2 aromatic rings. The highest BCUT2D eigenvalue weighted by Gasteiger charge is 2.34. The van der Waals surface area contributed by atoms with Crippen molar-refractivity contribution in [3.63, 3.8) is 0 Å². The molecule has 0 spiro atoms. The number of morpholine rings is 1. The van der Waals surface area contributed by atoms with E-state index in [1.54, 1.807) is 18.5 Å². The minimum Gasteiger partial charge on any atom is -0.380 e. The average Bonchev–Trinajstić information content (AvgIpc) is 3.05. The van der Waals surface area contributed by atoms with Crippen LogP contribution in [0.2, 0.25) is 0 Å². The van der Waals surface area contributed by atoms with Crippen molar-refractivity contribution in [1.29, 1.82) is 5.26 Å². The SMILES string of the molecule is CCN1CCO[C@@H](CNc2cnccc2C#N)[C@@H]1c1ccnn1C. The first-order valence-corrected chi connectivity index (χ1v) is 8.16. The van der Waals surface area contributed by atoms with Crippen LogP contribution >= 0.6 is 0 Å². The highest BCUT2D eigenvalue weighted by Crippen LogP contribution is 2.29. The standard InChI is InChI=1S/C17H22N6O/c1-3-23-8-9-24-16(17(23)15-5-7-21-22(15)2)12-20-14-11-19-6-4-13(14)10-18/h4-7,11,16-17,20H,3,8-9,12H2,1-2H3/t16-,17-/m0/s1. The molecule has 126 valence electrons. The van der Waals surface area contributed by atoms with Gasteiger partial charge in [-0.1, -0.05) is 6.92 Å². The highest BCUT2D eigenvalue weighted by molar-refractivity contribution is 5.55. The van der Waals surface area contributed by atoms with E-state index in [1.807, 2.05) is 24.0 Å². The van der Waals surface area contributed by atoms with Crippen LogP contribution in [0.5, 0.6) is 0 Å².